The normalized spacial score (nSPS) is 10.4. The molecular formula is C13H13N3O. The van der Waals surface area contributed by atoms with Gasteiger partial charge in [0.2, 0.25) is 0 Å². The van der Waals surface area contributed by atoms with Crippen molar-refractivity contribution in [3.05, 3.63) is 54.4 Å². The Bertz CT molecular complexity index is 480. The van der Waals surface area contributed by atoms with Crippen molar-refractivity contribution in [3.63, 3.8) is 0 Å². The van der Waals surface area contributed by atoms with Gasteiger partial charge in [0.15, 0.2) is 0 Å². The first-order chi connectivity index (χ1) is 8.38. The van der Waals surface area contributed by atoms with E-state index in [9.17, 15) is 0 Å². The molecule has 1 aromatic carbocycles. The predicted molar refractivity (Wildman–Crippen MR) is 67.4 cm³/mol. The average Bonchev–Trinajstić information content (AvgIpc) is 2.39. The van der Waals surface area contributed by atoms with E-state index in [2.05, 4.69) is 15.5 Å². The lowest BCUT2D eigenvalue weighted by molar-refractivity contribution is 0.480. The Labute approximate surface area is 100.0 Å². The van der Waals surface area contributed by atoms with Gasteiger partial charge in [0.05, 0.1) is 18.1 Å². The maximum atomic E-state index is 5.62. The van der Waals surface area contributed by atoms with Gasteiger partial charge in [-0.3, -0.25) is 4.98 Å². The Morgan fingerprint density at radius 2 is 1.94 bits per heavy atom. The number of nitrogens with zero attached hydrogens (tertiary/aromatic N) is 2. The molecule has 4 heteroatoms. The third kappa shape index (κ3) is 3.31. The van der Waals surface area contributed by atoms with Gasteiger partial charge in [0, 0.05) is 7.05 Å². The summed E-state index contributed by atoms with van der Waals surface area (Å²) in [5.74, 6) is 1.50. The Morgan fingerprint density at radius 3 is 2.59 bits per heavy atom. The molecule has 0 aliphatic rings. The highest BCUT2D eigenvalue weighted by Gasteiger charge is 1.96. The molecule has 1 heterocycles. The van der Waals surface area contributed by atoms with Crippen LogP contribution in [0.5, 0.6) is 11.5 Å². The van der Waals surface area contributed by atoms with E-state index in [1.165, 1.54) is 0 Å². The van der Waals surface area contributed by atoms with E-state index in [4.69, 9.17) is 4.74 Å². The van der Waals surface area contributed by atoms with Gasteiger partial charge in [-0.15, -0.1) is 0 Å². The number of ether oxygens (including phenoxy) is 1. The number of benzene rings is 1. The van der Waals surface area contributed by atoms with E-state index in [0.29, 0.717) is 5.75 Å². The maximum absolute atomic E-state index is 5.62. The number of hydrogen-bond acceptors (Lipinski definition) is 4. The summed E-state index contributed by atoms with van der Waals surface area (Å²) in [4.78, 5) is 4.20. The second kappa shape index (κ2) is 5.65. The molecule has 0 bridgehead atoms. The lowest BCUT2D eigenvalue weighted by Gasteiger charge is -2.04. The second-order valence-electron chi connectivity index (χ2n) is 3.32. The SMILES string of the molecule is CNN=Cc1ccc(Oc2ccccc2)cn1. The summed E-state index contributed by atoms with van der Waals surface area (Å²) < 4.78 is 5.62. The molecular weight excluding hydrogens is 214 g/mol. The zero-order valence-corrected chi connectivity index (χ0v) is 9.50. The van der Waals surface area contributed by atoms with Crippen molar-refractivity contribution < 1.29 is 4.74 Å². The van der Waals surface area contributed by atoms with Crippen molar-refractivity contribution in [1.82, 2.24) is 10.4 Å². The van der Waals surface area contributed by atoms with E-state index in [0.717, 1.165) is 11.4 Å². The summed E-state index contributed by atoms with van der Waals surface area (Å²) in [6.45, 7) is 0. The third-order valence-electron chi connectivity index (χ3n) is 2.06. The fourth-order valence-corrected chi connectivity index (χ4v) is 1.28. The van der Waals surface area contributed by atoms with Gasteiger partial charge in [-0.25, -0.2) is 0 Å². The highest BCUT2D eigenvalue weighted by atomic mass is 16.5. The molecule has 4 nitrogen and oxygen atoms in total. The largest absolute Gasteiger partial charge is 0.456 e. The van der Waals surface area contributed by atoms with Gasteiger partial charge < -0.3 is 10.2 Å². The van der Waals surface area contributed by atoms with Gasteiger partial charge in [-0.05, 0) is 24.3 Å². The third-order valence-corrected chi connectivity index (χ3v) is 2.06. The van der Waals surface area contributed by atoms with E-state index < -0.39 is 0 Å². The summed E-state index contributed by atoms with van der Waals surface area (Å²) in [5.41, 5.74) is 3.45. The van der Waals surface area contributed by atoms with Crippen LogP contribution in [-0.2, 0) is 0 Å². The maximum Gasteiger partial charge on any atom is 0.145 e. The van der Waals surface area contributed by atoms with Crippen LogP contribution in [0, 0.1) is 0 Å². The topological polar surface area (TPSA) is 46.5 Å². The quantitative estimate of drug-likeness (QED) is 0.644. The number of pyridine rings is 1. The van der Waals surface area contributed by atoms with Crippen LogP contribution < -0.4 is 10.2 Å². The molecule has 2 aromatic rings. The Morgan fingerprint density at radius 1 is 1.12 bits per heavy atom. The number of para-hydroxylation sites is 1. The Hall–Kier alpha value is -2.36. The fourth-order valence-electron chi connectivity index (χ4n) is 1.28. The molecule has 17 heavy (non-hydrogen) atoms. The number of rotatable bonds is 4. The molecule has 1 N–H and O–H groups in total. The van der Waals surface area contributed by atoms with Gasteiger partial charge in [-0.2, -0.15) is 5.10 Å². The lowest BCUT2D eigenvalue weighted by atomic mass is 10.3. The van der Waals surface area contributed by atoms with Crippen LogP contribution in [0.2, 0.25) is 0 Å². The summed E-state index contributed by atoms with van der Waals surface area (Å²) in [7, 11) is 1.74. The monoisotopic (exact) mass is 227 g/mol. The molecule has 0 saturated heterocycles. The fraction of sp³-hybridized carbons (Fsp3) is 0.0769. The van der Waals surface area contributed by atoms with E-state index in [1.54, 1.807) is 19.5 Å². The summed E-state index contributed by atoms with van der Waals surface area (Å²) in [6.07, 6.45) is 3.32. The molecule has 86 valence electrons. The molecule has 0 saturated carbocycles. The molecule has 0 unspecified atom stereocenters. The predicted octanol–water partition coefficient (Wildman–Crippen LogP) is 2.43. The van der Waals surface area contributed by atoms with Crippen molar-refractivity contribution >= 4 is 6.21 Å². The van der Waals surface area contributed by atoms with Crippen LogP contribution in [-0.4, -0.2) is 18.2 Å². The van der Waals surface area contributed by atoms with Gasteiger partial charge in [-0.1, -0.05) is 18.2 Å². The first kappa shape index (κ1) is 11.1. The second-order valence-corrected chi connectivity index (χ2v) is 3.32. The molecule has 0 amide bonds. The minimum absolute atomic E-state index is 0.706. The molecule has 0 fully saturated rings. The first-order valence-corrected chi connectivity index (χ1v) is 5.27. The van der Waals surface area contributed by atoms with Crippen LogP contribution >= 0.6 is 0 Å². The van der Waals surface area contributed by atoms with Crippen molar-refractivity contribution in [3.8, 4) is 11.5 Å². The zero-order valence-electron chi connectivity index (χ0n) is 9.50. The van der Waals surface area contributed by atoms with Crippen LogP contribution in [0.4, 0.5) is 0 Å². The van der Waals surface area contributed by atoms with Gasteiger partial charge in [0.1, 0.15) is 11.5 Å². The molecule has 0 aliphatic heterocycles. The molecule has 0 radical (unpaired) electrons. The number of nitrogens with one attached hydrogen (secondary N) is 1. The van der Waals surface area contributed by atoms with Crippen LogP contribution in [0.3, 0.4) is 0 Å². The smallest absolute Gasteiger partial charge is 0.145 e. The Balaban J connectivity index is 2.06. The Kier molecular flexibility index (Phi) is 3.70. The van der Waals surface area contributed by atoms with Crippen LogP contribution in [0.25, 0.3) is 0 Å². The number of hydrogen-bond donors (Lipinski definition) is 1. The van der Waals surface area contributed by atoms with Crippen molar-refractivity contribution in [2.45, 2.75) is 0 Å². The van der Waals surface area contributed by atoms with Gasteiger partial charge >= 0.3 is 0 Å². The van der Waals surface area contributed by atoms with Crippen molar-refractivity contribution in [1.29, 1.82) is 0 Å². The van der Waals surface area contributed by atoms with Crippen LogP contribution in [0.15, 0.2) is 53.8 Å². The number of hydrazone groups is 1. The van der Waals surface area contributed by atoms with Crippen LogP contribution in [0.1, 0.15) is 5.69 Å². The first-order valence-electron chi connectivity index (χ1n) is 5.27. The summed E-state index contributed by atoms with van der Waals surface area (Å²) in [5, 5.41) is 3.88. The summed E-state index contributed by atoms with van der Waals surface area (Å²) in [6, 6.07) is 13.3. The molecule has 2 rings (SSSR count). The number of aromatic nitrogens is 1. The van der Waals surface area contributed by atoms with E-state index in [-0.39, 0.29) is 0 Å². The molecule has 0 aliphatic carbocycles. The minimum atomic E-state index is 0.706. The average molecular weight is 227 g/mol. The highest BCUT2D eigenvalue weighted by molar-refractivity contribution is 5.76. The molecule has 0 spiro atoms. The summed E-state index contributed by atoms with van der Waals surface area (Å²) >= 11 is 0. The standard InChI is InChI=1S/C13H13N3O/c1-14-16-9-11-7-8-13(10-15-11)17-12-5-3-2-4-6-12/h2-10,14H,1H3. The van der Waals surface area contributed by atoms with Gasteiger partial charge in [0.25, 0.3) is 0 Å². The van der Waals surface area contributed by atoms with E-state index >= 15 is 0 Å². The molecule has 0 atom stereocenters. The van der Waals surface area contributed by atoms with Crippen molar-refractivity contribution in [2.75, 3.05) is 7.05 Å². The van der Waals surface area contributed by atoms with E-state index in [1.807, 2.05) is 42.5 Å². The zero-order chi connectivity index (χ0) is 11.9. The highest BCUT2D eigenvalue weighted by Crippen LogP contribution is 2.19. The molecule has 1 aromatic heterocycles. The lowest BCUT2D eigenvalue weighted by Crippen LogP contribution is -1.96. The van der Waals surface area contributed by atoms with Crippen molar-refractivity contribution in [2.24, 2.45) is 5.10 Å². The minimum Gasteiger partial charge on any atom is -0.456 e.